The van der Waals surface area contributed by atoms with E-state index in [1.807, 2.05) is 36.2 Å². The maximum absolute atomic E-state index is 11.6. The number of nitrogens with zero attached hydrogens (tertiary/aromatic N) is 5. The van der Waals surface area contributed by atoms with Gasteiger partial charge in [-0.15, -0.1) is 0 Å². The van der Waals surface area contributed by atoms with Crippen LogP contribution in [0.4, 0.5) is 5.95 Å². The average Bonchev–Trinajstić information content (AvgIpc) is 2.87. The van der Waals surface area contributed by atoms with Crippen molar-refractivity contribution in [1.29, 1.82) is 0 Å². The highest BCUT2D eigenvalue weighted by atomic mass is 16.1. The minimum Gasteiger partial charge on any atom is -0.343 e. The molecule has 0 amide bonds. The van der Waals surface area contributed by atoms with Gasteiger partial charge in [0.1, 0.15) is 0 Å². The average molecular weight is 336 g/mol. The summed E-state index contributed by atoms with van der Waals surface area (Å²) in [6.45, 7) is 4.60. The Kier molecular flexibility index (Phi) is 4.74. The molecule has 1 N–H and O–H groups in total. The van der Waals surface area contributed by atoms with Gasteiger partial charge in [-0.1, -0.05) is 12.6 Å². The monoisotopic (exact) mass is 336 g/mol. The SMILES string of the molecule is C=c1[nH]c(=O)n(C)/c1=C\c1ccnc(N(C)CCc2ccccn2)n1. The molecule has 0 spiro atoms. The largest absolute Gasteiger partial charge is 0.343 e. The van der Waals surface area contributed by atoms with Gasteiger partial charge in [0, 0.05) is 45.1 Å². The van der Waals surface area contributed by atoms with E-state index >= 15 is 0 Å². The molecular weight excluding hydrogens is 316 g/mol. The quantitative estimate of drug-likeness (QED) is 0.699. The third-order valence-electron chi connectivity index (χ3n) is 3.95. The summed E-state index contributed by atoms with van der Waals surface area (Å²) in [7, 11) is 3.64. The smallest absolute Gasteiger partial charge is 0.326 e. The second kappa shape index (κ2) is 7.12. The lowest BCUT2D eigenvalue weighted by molar-refractivity contribution is 0.818. The van der Waals surface area contributed by atoms with Gasteiger partial charge >= 0.3 is 5.69 Å². The minimum absolute atomic E-state index is 0.196. The molecule has 0 aromatic carbocycles. The number of aromatic amines is 1. The lowest BCUT2D eigenvalue weighted by Gasteiger charge is -2.16. The maximum Gasteiger partial charge on any atom is 0.326 e. The molecule has 7 nitrogen and oxygen atoms in total. The van der Waals surface area contributed by atoms with Gasteiger partial charge in [-0.3, -0.25) is 9.55 Å². The van der Waals surface area contributed by atoms with Gasteiger partial charge in [-0.05, 0) is 24.3 Å². The van der Waals surface area contributed by atoms with Crippen molar-refractivity contribution in [2.45, 2.75) is 6.42 Å². The number of aromatic nitrogens is 5. The minimum atomic E-state index is -0.196. The van der Waals surface area contributed by atoms with Gasteiger partial charge in [0.15, 0.2) is 0 Å². The van der Waals surface area contributed by atoms with E-state index in [1.54, 1.807) is 25.5 Å². The van der Waals surface area contributed by atoms with Gasteiger partial charge in [-0.25, -0.2) is 14.8 Å². The summed E-state index contributed by atoms with van der Waals surface area (Å²) < 4.78 is 1.51. The molecule has 3 rings (SSSR count). The molecule has 0 atom stereocenters. The second-order valence-corrected chi connectivity index (χ2v) is 5.77. The van der Waals surface area contributed by atoms with Crippen molar-refractivity contribution >= 4 is 18.6 Å². The number of hydrogen-bond acceptors (Lipinski definition) is 5. The van der Waals surface area contributed by atoms with Gasteiger partial charge in [0.05, 0.1) is 16.4 Å². The van der Waals surface area contributed by atoms with Crippen LogP contribution in [0.25, 0.3) is 12.7 Å². The van der Waals surface area contributed by atoms with Gasteiger partial charge in [0.25, 0.3) is 0 Å². The number of nitrogens with one attached hydrogen (secondary N) is 1. The Labute approximate surface area is 145 Å². The van der Waals surface area contributed by atoms with Crippen LogP contribution in [0.1, 0.15) is 11.4 Å². The molecule has 3 aromatic heterocycles. The highest BCUT2D eigenvalue weighted by Gasteiger charge is 2.06. The molecule has 0 saturated heterocycles. The van der Waals surface area contributed by atoms with Crippen molar-refractivity contribution in [3.05, 3.63) is 69.2 Å². The Morgan fingerprint density at radius 3 is 2.80 bits per heavy atom. The van der Waals surface area contributed by atoms with E-state index in [2.05, 4.69) is 26.5 Å². The lowest BCUT2D eigenvalue weighted by Crippen LogP contribution is -2.29. The first-order chi connectivity index (χ1) is 12.0. The first-order valence-electron chi connectivity index (χ1n) is 7.94. The van der Waals surface area contributed by atoms with Crippen LogP contribution < -0.4 is 21.3 Å². The van der Waals surface area contributed by atoms with Crippen LogP contribution in [-0.4, -0.2) is 38.1 Å². The first-order valence-corrected chi connectivity index (χ1v) is 7.94. The molecule has 3 aromatic rings. The lowest BCUT2D eigenvalue weighted by atomic mass is 10.2. The number of hydrogen-bond donors (Lipinski definition) is 1. The van der Waals surface area contributed by atoms with Crippen molar-refractivity contribution in [3.8, 4) is 0 Å². The predicted molar refractivity (Wildman–Crippen MR) is 97.6 cm³/mol. The molecule has 0 bridgehead atoms. The summed E-state index contributed by atoms with van der Waals surface area (Å²) in [6, 6.07) is 7.68. The summed E-state index contributed by atoms with van der Waals surface area (Å²) in [5, 5.41) is 1.27. The standard InChI is InChI=1S/C18H20N6O/c1-13-16(24(3)18(25)21-13)12-15-7-10-20-17(22-15)23(2)11-8-14-6-4-5-9-19-14/h4-7,9-10,12H,1,8,11H2,2-3H3,(H,21,25)/b16-12-. The van der Waals surface area contributed by atoms with E-state index in [0.717, 1.165) is 18.7 Å². The van der Waals surface area contributed by atoms with Crippen LogP contribution in [0.2, 0.25) is 0 Å². The van der Waals surface area contributed by atoms with Crippen molar-refractivity contribution in [2.24, 2.45) is 7.05 Å². The number of H-pyrrole nitrogens is 1. The van der Waals surface area contributed by atoms with Crippen molar-refractivity contribution in [3.63, 3.8) is 0 Å². The Morgan fingerprint density at radius 1 is 1.28 bits per heavy atom. The van der Waals surface area contributed by atoms with Crippen molar-refractivity contribution in [1.82, 2.24) is 24.5 Å². The van der Waals surface area contributed by atoms with E-state index in [-0.39, 0.29) is 5.69 Å². The zero-order valence-electron chi connectivity index (χ0n) is 14.3. The molecule has 0 unspecified atom stereocenters. The van der Waals surface area contributed by atoms with Crippen LogP contribution in [0, 0.1) is 0 Å². The zero-order chi connectivity index (χ0) is 17.8. The normalized spacial score (nSPS) is 11.7. The molecular formula is C18H20N6O. The fourth-order valence-corrected chi connectivity index (χ4v) is 2.47. The van der Waals surface area contributed by atoms with Crippen molar-refractivity contribution < 1.29 is 0 Å². The Morgan fingerprint density at radius 2 is 2.12 bits per heavy atom. The Balaban J connectivity index is 1.81. The molecule has 128 valence electrons. The summed E-state index contributed by atoms with van der Waals surface area (Å²) in [5.74, 6) is 0.621. The van der Waals surface area contributed by atoms with E-state index < -0.39 is 0 Å². The predicted octanol–water partition coefficient (Wildman–Crippen LogP) is -0.184. The number of rotatable bonds is 5. The number of imidazole rings is 1. The first kappa shape index (κ1) is 16.6. The molecule has 0 aliphatic rings. The third kappa shape index (κ3) is 3.82. The zero-order valence-corrected chi connectivity index (χ0v) is 14.3. The summed E-state index contributed by atoms with van der Waals surface area (Å²) >= 11 is 0. The van der Waals surface area contributed by atoms with E-state index in [0.29, 0.717) is 22.3 Å². The highest BCUT2D eigenvalue weighted by Crippen LogP contribution is 2.07. The highest BCUT2D eigenvalue weighted by molar-refractivity contribution is 5.46. The summed E-state index contributed by atoms with van der Waals surface area (Å²) in [6.07, 6.45) is 6.12. The molecule has 0 aliphatic carbocycles. The number of likely N-dealkylation sites (N-methyl/N-ethyl adjacent to an activating group) is 1. The van der Waals surface area contributed by atoms with Crippen molar-refractivity contribution in [2.75, 3.05) is 18.5 Å². The van der Waals surface area contributed by atoms with E-state index in [9.17, 15) is 4.79 Å². The topological polar surface area (TPSA) is 79.7 Å². The molecule has 7 heteroatoms. The molecule has 0 aliphatic heterocycles. The maximum atomic E-state index is 11.6. The van der Waals surface area contributed by atoms with Crippen LogP contribution in [0.3, 0.4) is 0 Å². The van der Waals surface area contributed by atoms with Crippen LogP contribution >= 0.6 is 0 Å². The summed E-state index contributed by atoms with van der Waals surface area (Å²) in [5.41, 5.74) is 1.55. The number of anilines is 1. The second-order valence-electron chi connectivity index (χ2n) is 5.77. The fraction of sp³-hybridized carbons (Fsp3) is 0.222. The number of pyridine rings is 1. The Hall–Kier alpha value is -3.22. The fourth-order valence-electron chi connectivity index (χ4n) is 2.47. The van der Waals surface area contributed by atoms with E-state index in [4.69, 9.17) is 0 Å². The van der Waals surface area contributed by atoms with Gasteiger partial charge in [-0.2, -0.15) is 0 Å². The molecule has 0 fully saturated rings. The Bertz CT molecular complexity index is 1020. The molecule has 0 saturated carbocycles. The van der Waals surface area contributed by atoms with Crippen LogP contribution in [-0.2, 0) is 13.5 Å². The molecule has 0 radical (unpaired) electrons. The summed E-state index contributed by atoms with van der Waals surface area (Å²) in [4.78, 5) is 29.5. The van der Waals surface area contributed by atoms with Crippen LogP contribution in [0.15, 0.2) is 41.5 Å². The van der Waals surface area contributed by atoms with E-state index in [1.165, 1.54) is 4.57 Å². The van der Waals surface area contributed by atoms with Gasteiger partial charge in [0.2, 0.25) is 5.95 Å². The van der Waals surface area contributed by atoms with Crippen LogP contribution in [0.5, 0.6) is 0 Å². The molecule has 3 heterocycles. The third-order valence-corrected chi connectivity index (χ3v) is 3.95. The van der Waals surface area contributed by atoms with Gasteiger partial charge < -0.3 is 9.88 Å². The molecule has 25 heavy (non-hydrogen) atoms.